The monoisotopic (exact) mass is 378 g/mol. The number of rotatable bonds is 6. The Labute approximate surface area is 155 Å². The van der Waals surface area contributed by atoms with Gasteiger partial charge >= 0.3 is 0 Å². The second-order valence-corrected chi connectivity index (χ2v) is 8.96. The van der Waals surface area contributed by atoms with Crippen LogP contribution in [0.5, 0.6) is 0 Å². The lowest BCUT2D eigenvalue weighted by Crippen LogP contribution is -2.48. The Kier molecular flexibility index (Phi) is 5.95. The Balaban J connectivity index is 1.79. The molecule has 1 saturated carbocycles. The third kappa shape index (κ3) is 4.61. The molecule has 0 aromatic heterocycles. The van der Waals surface area contributed by atoms with Crippen LogP contribution in [0, 0.1) is 11.3 Å². The van der Waals surface area contributed by atoms with E-state index in [1.54, 1.807) is 6.08 Å². The van der Waals surface area contributed by atoms with Gasteiger partial charge in [-0.1, -0.05) is 42.8 Å². The summed E-state index contributed by atoms with van der Waals surface area (Å²) in [5, 5.41) is 0. The number of benzene rings is 1. The van der Waals surface area contributed by atoms with Crippen molar-refractivity contribution in [2.75, 3.05) is 12.9 Å². The van der Waals surface area contributed by atoms with Crippen LogP contribution >= 0.6 is 0 Å². The Morgan fingerprint density at radius 2 is 1.96 bits per heavy atom. The lowest BCUT2D eigenvalue weighted by molar-refractivity contribution is -0.121. The van der Waals surface area contributed by atoms with Crippen molar-refractivity contribution in [3.05, 3.63) is 48.0 Å². The maximum Gasteiger partial charge on any atom is 0.264 e. The molecule has 1 spiro atoms. The van der Waals surface area contributed by atoms with Crippen LogP contribution in [0.1, 0.15) is 37.7 Å². The van der Waals surface area contributed by atoms with Crippen molar-refractivity contribution in [1.82, 2.24) is 0 Å². The molecule has 26 heavy (non-hydrogen) atoms. The molecule has 0 saturated heterocycles. The van der Waals surface area contributed by atoms with E-state index in [0.29, 0.717) is 19.4 Å². The summed E-state index contributed by atoms with van der Waals surface area (Å²) in [5.41, 5.74) is 0.763. The first-order valence-electron chi connectivity index (χ1n) is 9.11. The molecule has 2 aliphatic rings. The van der Waals surface area contributed by atoms with Crippen molar-refractivity contribution >= 4 is 15.9 Å². The van der Waals surface area contributed by atoms with Gasteiger partial charge in [-0.25, -0.2) is 0 Å². The third-order valence-electron chi connectivity index (χ3n) is 5.54. The van der Waals surface area contributed by atoms with Gasteiger partial charge in [-0.3, -0.25) is 8.98 Å². The molecule has 1 aromatic rings. The summed E-state index contributed by atoms with van der Waals surface area (Å²) in [5.74, 6) is 0.141. The van der Waals surface area contributed by atoms with Crippen LogP contribution in [-0.4, -0.2) is 33.2 Å². The molecule has 0 bridgehead atoms. The van der Waals surface area contributed by atoms with Crippen LogP contribution in [0.25, 0.3) is 0 Å². The van der Waals surface area contributed by atoms with Gasteiger partial charge in [0, 0.05) is 11.8 Å². The number of hydrogen-bond acceptors (Lipinski definition) is 5. The van der Waals surface area contributed by atoms with Crippen LogP contribution in [0.4, 0.5) is 0 Å². The van der Waals surface area contributed by atoms with E-state index >= 15 is 0 Å². The average molecular weight is 378 g/mol. The van der Waals surface area contributed by atoms with Gasteiger partial charge in [-0.15, -0.1) is 0 Å². The summed E-state index contributed by atoms with van der Waals surface area (Å²) < 4.78 is 34.4. The van der Waals surface area contributed by atoms with E-state index in [1.807, 2.05) is 36.4 Å². The second-order valence-electron chi connectivity index (χ2n) is 7.31. The SMILES string of the molecule is CS(=O)(=O)OC[C@@H]1CCC[C@H](OCc2ccccc2)[C@@]12C=CC(=O)CC2. The van der Waals surface area contributed by atoms with Gasteiger partial charge in [0.05, 0.1) is 25.6 Å². The molecular formula is C20H26O5S. The quantitative estimate of drug-likeness (QED) is 0.711. The van der Waals surface area contributed by atoms with E-state index in [-0.39, 0.29) is 29.8 Å². The molecule has 0 heterocycles. The minimum atomic E-state index is -3.49. The number of ether oxygens (including phenoxy) is 1. The number of carbonyl (C=O) groups is 1. The molecule has 3 rings (SSSR count). The fourth-order valence-corrected chi connectivity index (χ4v) is 4.58. The lowest BCUT2D eigenvalue weighted by Gasteiger charge is -2.48. The van der Waals surface area contributed by atoms with Crippen LogP contribution in [-0.2, 0) is 30.4 Å². The highest BCUT2D eigenvalue weighted by molar-refractivity contribution is 7.85. The van der Waals surface area contributed by atoms with Gasteiger partial charge in [0.2, 0.25) is 0 Å². The first-order chi connectivity index (χ1) is 12.4. The van der Waals surface area contributed by atoms with Gasteiger partial charge in [-0.05, 0) is 36.8 Å². The van der Waals surface area contributed by atoms with Crippen molar-refractivity contribution in [1.29, 1.82) is 0 Å². The average Bonchev–Trinajstić information content (AvgIpc) is 2.62. The lowest BCUT2D eigenvalue weighted by atomic mass is 9.60. The number of ketones is 1. The van der Waals surface area contributed by atoms with E-state index in [2.05, 4.69) is 0 Å². The maximum atomic E-state index is 11.7. The molecule has 5 nitrogen and oxygen atoms in total. The van der Waals surface area contributed by atoms with Crippen LogP contribution in [0.2, 0.25) is 0 Å². The van der Waals surface area contributed by atoms with E-state index in [4.69, 9.17) is 8.92 Å². The predicted octanol–water partition coefficient (Wildman–Crippen LogP) is 3.25. The van der Waals surface area contributed by atoms with E-state index < -0.39 is 10.1 Å². The molecule has 3 atom stereocenters. The molecule has 1 fully saturated rings. The molecule has 1 aromatic carbocycles. The largest absolute Gasteiger partial charge is 0.373 e. The zero-order valence-corrected chi connectivity index (χ0v) is 15.9. The first kappa shape index (κ1) is 19.3. The topological polar surface area (TPSA) is 69.7 Å². The van der Waals surface area contributed by atoms with Crippen molar-refractivity contribution in [2.45, 2.75) is 44.8 Å². The van der Waals surface area contributed by atoms with Crippen molar-refractivity contribution in [3.8, 4) is 0 Å². The number of allylic oxidation sites excluding steroid dienone is 1. The summed E-state index contributed by atoms with van der Waals surface area (Å²) in [6.45, 7) is 0.650. The van der Waals surface area contributed by atoms with Gasteiger partial charge in [-0.2, -0.15) is 8.42 Å². The number of hydrogen-bond donors (Lipinski definition) is 0. The highest BCUT2D eigenvalue weighted by Gasteiger charge is 2.48. The fourth-order valence-electron chi connectivity index (χ4n) is 4.17. The zero-order chi connectivity index (χ0) is 18.6. The molecule has 0 radical (unpaired) electrons. The van der Waals surface area contributed by atoms with E-state index in [0.717, 1.165) is 31.1 Å². The summed E-state index contributed by atoms with van der Waals surface area (Å²) >= 11 is 0. The summed E-state index contributed by atoms with van der Waals surface area (Å²) in [7, 11) is -3.49. The Morgan fingerprint density at radius 3 is 2.62 bits per heavy atom. The molecule has 0 amide bonds. The molecule has 0 aliphatic heterocycles. The minimum Gasteiger partial charge on any atom is -0.373 e. The Morgan fingerprint density at radius 1 is 1.19 bits per heavy atom. The summed E-state index contributed by atoms with van der Waals surface area (Å²) in [6.07, 6.45) is 8.52. The second kappa shape index (κ2) is 8.03. The maximum absolute atomic E-state index is 11.7. The van der Waals surface area contributed by atoms with Crippen LogP contribution in [0.3, 0.4) is 0 Å². The Bertz CT molecular complexity index is 756. The molecule has 2 aliphatic carbocycles. The third-order valence-corrected chi connectivity index (χ3v) is 6.10. The smallest absolute Gasteiger partial charge is 0.264 e. The highest BCUT2D eigenvalue weighted by atomic mass is 32.2. The predicted molar refractivity (Wildman–Crippen MR) is 99.0 cm³/mol. The highest BCUT2D eigenvalue weighted by Crippen LogP contribution is 2.49. The molecule has 0 unspecified atom stereocenters. The van der Waals surface area contributed by atoms with Gasteiger partial charge < -0.3 is 4.74 Å². The van der Waals surface area contributed by atoms with Crippen molar-refractivity contribution in [2.24, 2.45) is 11.3 Å². The Hall–Kier alpha value is -1.50. The molecule has 0 N–H and O–H groups in total. The van der Waals surface area contributed by atoms with Gasteiger partial charge in [0.25, 0.3) is 10.1 Å². The van der Waals surface area contributed by atoms with Gasteiger partial charge in [0.15, 0.2) is 5.78 Å². The van der Waals surface area contributed by atoms with Crippen molar-refractivity contribution < 1.29 is 22.1 Å². The summed E-state index contributed by atoms with van der Waals surface area (Å²) in [6, 6.07) is 9.99. The van der Waals surface area contributed by atoms with Gasteiger partial charge in [0.1, 0.15) is 0 Å². The summed E-state index contributed by atoms with van der Waals surface area (Å²) in [4.78, 5) is 11.7. The van der Waals surface area contributed by atoms with Crippen LogP contribution < -0.4 is 0 Å². The first-order valence-corrected chi connectivity index (χ1v) is 10.9. The minimum absolute atomic E-state index is 0.0242. The van der Waals surface area contributed by atoms with E-state index in [1.165, 1.54) is 0 Å². The molecular weight excluding hydrogens is 352 g/mol. The van der Waals surface area contributed by atoms with Crippen molar-refractivity contribution in [3.63, 3.8) is 0 Å². The van der Waals surface area contributed by atoms with E-state index in [9.17, 15) is 13.2 Å². The van der Waals surface area contributed by atoms with Crippen LogP contribution in [0.15, 0.2) is 42.5 Å². The zero-order valence-electron chi connectivity index (χ0n) is 15.1. The fraction of sp³-hybridized carbons (Fsp3) is 0.550. The number of carbonyl (C=O) groups excluding carboxylic acids is 1. The molecule has 142 valence electrons. The normalized spacial score (nSPS) is 29.2. The molecule has 6 heteroatoms. The standard InChI is InChI=1S/C20H26O5S/c1-26(22,23)25-15-17-8-5-9-19(20(17)12-10-18(21)11-13-20)24-14-16-6-3-2-4-7-16/h2-4,6-7,10,12,17,19H,5,8-9,11,13-15H2,1H3/t17-,19-,20+/m0/s1.